The molecule has 0 aromatic carbocycles. The first kappa shape index (κ1) is 6.07. The topological polar surface area (TPSA) is 62.2 Å². The second-order valence-corrected chi connectivity index (χ2v) is 1.04. The molecule has 0 aliphatic heterocycles. The van der Waals surface area contributed by atoms with E-state index < -0.39 is 6.09 Å². The molecule has 7 heavy (non-hydrogen) atoms. The van der Waals surface area contributed by atoms with E-state index in [2.05, 4.69) is 4.99 Å². The Bertz CT molecular complexity index is 103. The van der Waals surface area contributed by atoms with E-state index in [1.165, 1.54) is 6.92 Å². The van der Waals surface area contributed by atoms with Gasteiger partial charge in [-0.15, -0.1) is 0 Å². The van der Waals surface area contributed by atoms with Gasteiger partial charge < -0.3 is 5.73 Å². The normalized spacial score (nSPS) is 11.4. The van der Waals surface area contributed by atoms with Gasteiger partial charge in [0.15, 0.2) is 0 Å². The van der Waals surface area contributed by atoms with Crippen molar-refractivity contribution in [1.82, 2.24) is 0 Å². The number of hydrogen-bond acceptors (Lipinski definition) is 1. The molecule has 3 nitrogen and oxygen atoms in total. The highest BCUT2D eigenvalue weighted by molar-refractivity contribution is 5.89. The molecule has 0 heterocycles. The van der Waals surface area contributed by atoms with Crippen LogP contribution >= 0.6 is 0 Å². The fraction of sp³-hybridized carbons (Fsp3) is 0.333. The van der Waals surface area contributed by atoms with E-state index in [0.29, 0.717) is 0 Å². The summed E-state index contributed by atoms with van der Waals surface area (Å²) < 4.78 is 11.3. The van der Waals surface area contributed by atoms with Crippen LogP contribution < -0.4 is 5.73 Å². The highest BCUT2D eigenvalue weighted by atomic mass is 19.1. The molecule has 0 aliphatic rings. The first-order valence-corrected chi connectivity index (χ1v) is 1.67. The van der Waals surface area contributed by atoms with Crippen LogP contribution in [0.15, 0.2) is 4.99 Å². The predicted molar refractivity (Wildman–Crippen MR) is 26.1 cm³/mol. The summed E-state index contributed by atoms with van der Waals surface area (Å²) in [6.45, 7) is 1.41. The molecule has 0 fully saturated rings. The number of hydrogen-bond donors (Lipinski definition) is 2. The molecule has 0 unspecified atom stereocenters. The Labute approximate surface area is 40.6 Å². The quantitative estimate of drug-likeness (QED) is 0.258. The molecule has 0 aliphatic carbocycles. The van der Waals surface area contributed by atoms with Crippen molar-refractivity contribution < 1.29 is 4.39 Å². The molecule has 0 aromatic rings. The van der Waals surface area contributed by atoms with Gasteiger partial charge in [0.2, 0.25) is 0 Å². The minimum atomic E-state index is -1.25. The largest absolute Gasteiger partial charge is 0.387 e. The molecule has 0 radical (unpaired) electrons. The fourth-order valence-corrected chi connectivity index (χ4v) is 0.155. The average Bonchev–Trinajstić information content (AvgIpc) is 1.27. The molecule has 4 heteroatoms. The lowest BCUT2D eigenvalue weighted by atomic mass is 10.7. The standard InChI is InChI=1S/C3H6FN3/c1-2(5)7-3(4)6/h1H3,(H3,5,6,7). The number of amidine groups is 2. The van der Waals surface area contributed by atoms with E-state index in [9.17, 15) is 4.39 Å². The first-order valence-electron chi connectivity index (χ1n) is 1.67. The summed E-state index contributed by atoms with van der Waals surface area (Å²) in [6, 6.07) is 0. The van der Waals surface area contributed by atoms with Gasteiger partial charge in [-0.25, -0.2) is 0 Å². The zero-order valence-electron chi connectivity index (χ0n) is 3.90. The zero-order valence-corrected chi connectivity index (χ0v) is 3.90. The number of nitrogens with two attached hydrogens (primary N) is 1. The van der Waals surface area contributed by atoms with Gasteiger partial charge in [0.1, 0.15) is 5.84 Å². The van der Waals surface area contributed by atoms with E-state index in [4.69, 9.17) is 11.1 Å². The van der Waals surface area contributed by atoms with E-state index in [0.717, 1.165) is 0 Å². The van der Waals surface area contributed by atoms with Crippen molar-refractivity contribution in [2.45, 2.75) is 6.92 Å². The van der Waals surface area contributed by atoms with E-state index in [1.807, 2.05) is 0 Å². The number of aliphatic imine (C=N–C) groups is 1. The maximum absolute atomic E-state index is 11.3. The summed E-state index contributed by atoms with van der Waals surface area (Å²) >= 11 is 0. The van der Waals surface area contributed by atoms with Crippen molar-refractivity contribution in [1.29, 1.82) is 5.41 Å². The SMILES string of the molecule is CC(N)=NC(=N)F. The van der Waals surface area contributed by atoms with E-state index >= 15 is 0 Å². The maximum atomic E-state index is 11.3. The lowest BCUT2D eigenvalue weighted by Crippen LogP contribution is -2.06. The third kappa shape index (κ3) is 5.07. The van der Waals surface area contributed by atoms with Gasteiger partial charge in [-0.3, -0.25) is 5.41 Å². The Balaban J connectivity index is 3.68. The lowest BCUT2D eigenvalue weighted by Gasteiger charge is -1.81. The van der Waals surface area contributed by atoms with Crippen LogP contribution in [0.2, 0.25) is 0 Å². The molecule has 0 aromatic heterocycles. The summed E-state index contributed by atoms with van der Waals surface area (Å²) in [5.41, 5.74) is 4.86. The maximum Gasteiger partial charge on any atom is 0.302 e. The molecule has 0 amide bonds. The minimum absolute atomic E-state index is 0.0625. The molecular weight excluding hydrogens is 97.1 g/mol. The Morgan fingerprint density at radius 1 is 1.86 bits per heavy atom. The highest BCUT2D eigenvalue weighted by Gasteiger charge is 1.82. The van der Waals surface area contributed by atoms with Crippen LogP contribution in [0.4, 0.5) is 4.39 Å². The Hall–Kier alpha value is -0.930. The summed E-state index contributed by atoms with van der Waals surface area (Å²) in [5, 5.41) is 6.09. The van der Waals surface area contributed by atoms with Gasteiger partial charge in [0.25, 0.3) is 0 Å². The van der Waals surface area contributed by atoms with Crippen molar-refractivity contribution in [2.75, 3.05) is 0 Å². The summed E-state index contributed by atoms with van der Waals surface area (Å²) in [7, 11) is 0. The summed E-state index contributed by atoms with van der Waals surface area (Å²) in [4.78, 5) is 2.89. The second kappa shape index (κ2) is 2.28. The number of halogens is 1. The highest BCUT2D eigenvalue weighted by Crippen LogP contribution is 1.74. The van der Waals surface area contributed by atoms with Crippen molar-refractivity contribution in [2.24, 2.45) is 10.7 Å². The van der Waals surface area contributed by atoms with Crippen molar-refractivity contribution >= 4 is 11.9 Å². The third-order valence-corrected chi connectivity index (χ3v) is 0.275. The molecular formula is C3H6FN3. The molecule has 40 valence electrons. The lowest BCUT2D eigenvalue weighted by molar-refractivity contribution is 0.780. The smallest absolute Gasteiger partial charge is 0.302 e. The Morgan fingerprint density at radius 2 is 2.29 bits per heavy atom. The van der Waals surface area contributed by atoms with Crippen LogP contribution in [0.1, 0.15) is 6.92 Å². The molecule has 0 rings (SSSR count). The van der Waals surface area contributed by atoms with Gasteiger partial charge in [-0.05, 0) is 6.92 Å². The first-order chi connectivity index (χ1) is 3.13. The van der Waals surface area contributed by atoms with Crippen LogP contribution in [0.3, 0.4) is 0 Å². The van der Waals surface area contributed by atoms with Crippen LogP contribution in [-0.2, 0) is 0 Å². The molecule has 0 saturated carbocycles. The van der Waals surface area contributed by atoms with E-state index in [-0.39, 0.29) is 5.84 Å². The van der Waals surface area contributed by atoms with Crippen molar-refractivity contribution in [3.05, 3.63) is 0 Å². The zero-order chi connectivity index (χ0) is 5.86. The van der Waals surface area contributed by atoms with Crippen LogP contribution in [-0.4, -0.2) is 11.9 Å². The van der Waals surface area contributed by atoms with Gasteiger partial charge in [-0.1, -0.05) is 0 Å². The molecule has 0 saturated heterocycles. The number of nitrogens with one attached hydrogen (secondary N) is 1. The number of nitrogens with zero attached hydrogens (tertiary/aromatic N) is 1. The summed E-state index contributed by atoms with van der Waals surface area (Å²) in [6.07, 6.45) is -1.25. The molecule has 3 N–H and O–H groups in total. The Morgan fingerprint density at radius 3 is 2.29 bits per heavy atom. The fourth-order valence-electron chi connectivity index (χ4n) is 0.155. The van der Waals surface area contributed by atoms with Gasteiger partial charge in [0.05, 0.1) is 0 Å². The molecule has 0 bridgehead atoms. The third-order valence-electron chi connectivity index (χ3n) is 0.275. The van der Waals surface area contributed by atoms with Gasteiger partial charge in [0, 0.05) is 0 Å². The van der Waals surface area contributed by atoms with Crippen LogP contribution in [0.5, 0.6) is 0 Å². The van der Waals surface area contributed by atoms with Crippen molar-refractivity contribution in [3.8, 4) is 0 Å². The minimum Gasteiger partial charge on any atom is -0.387 e. The van der Waals surface area contributed by atoms with Crippen molar-refractivity contribution in [3.63, 3.8) is 0 Å². The average molecular weight is 103 g/mol. The number of rotatable bonds is 0. The van der Waals surface area contributed by atoms with Gasteiger partial charge >= 0.3 is 6.09 Å². The molecule has 0 spiro atoms. The summed E-state index contributed by atoms with van der Waals surface area (Å²) in [5.74, 6) is 0.0625. The monoisotopic (exact) mass is 103 g/mol. The van der Waals surface area contributed by atoms with Crippen LogP contribution in [0, 0.1) is 5.41 Å². The second-order valence-electron chi connectivity index (χ2n) is 1.04. The van der Waals surface area contributed by atoms with Gasteiger partial charge in [-0.2, -0.15) is 9.38 Å². The molecule has 0 atom stereocenters. The predicted octanol–water partition coefficient (Wildman–Crippen LogP) is 0.268. The Kier molecular flexibility index (Phi) is 1.98. The van der Waals surface area contributed by atoms with Crippen LogP contribution in [0.25, 0.3) is 0 Å². The van der Waals surface area contributed by atoms with E-state index in [1.54, 1.807) is 0 Å².